The number of carbonyl (C=O) groups excluding carboxylic acids is 3. The third-order valence-corrected chi connectivity index (χ3v) is 13.9. The van der Waals surface area contributed by atoms with Gasteiger partial charge in [-0.05, 0) is 96.3 Å². The normalized spacial score (nSPS) is 17.4. The zero-order valence-corrected chi connectivity index (χ0v) is 45.0. The first-order valence-electron chi connectivity index (χ1n) is 29.5. The van der Waals surface area contributed by atoms with Gasteiger partial charge in [0.1, 0.15) is 24.6 Å². The number of ether oxygens (including phenoxy) is 3. The molecule has 0 aromatic carbocycles. The van der Waals surface area contributed by atoms with E-state index in [2.05, 4.69) is 57.2 Å². The molecule has 1 rings (SSSR count). The largest absolute Gasteiger partial charge is 0.463 e. The molecule has 0 aromatic rings. The highest BCUT2D eigenvalue weighted by Gasteiger charge is 2.47. The van der Waals surface area contributed by atoms with Crippen molar-refractivity contribution in [3.8, 4) is 0 Å². The first kappa shape index (κ1) is 63.8. The molecule has 4 atom stereocenters. The van der Waals surface area contributed by atoms with Gasteiger partial charge in [0.2, 0.25) is 0 Å². The average Bonchev–Trinajstić information content (AvgIpc) is 3.66. The van der Waals surface area contributed by atoms with Crippen molar-refractivity contribution in [1.82, 2.24) is 0 Å². The monoisotopic (exact) mass is 955 g/mol. The van der Waals surface area contributed by atoms with E-state index in [9.17, 15) is 19.5 Å². The van der Waals surface area contributed by atoms with E-state index >= 15 is 0 Å². The third-order valence-electron chi connectivity index (χ3n) is 13.9. The van der Waals surface area contributed by atoms with Crippen molar-refractivity contribution in [2.75, 3.05) is 13.2 Å². The van der Waals surface area contributed by atoms with Crippen molar-refractivity contribution in [3.63, 3.8) is 0 Å². The number of esters is 2. The number of carbonyl (C=O) groups is 3. The number of hydrogen-bond donors (Lipinski definition) is 1. The molecule has 0 radical (unpaired) electrons. The molecule has 1 N–H and O–H groups in total. The van der Waals surface area contributed by atoms with Crippen molar-refractivity contribution >= 4 is 17.7 Å². The summed E-state index contributed by atoms with van der Waals surface area (Å²) in [5.41, 5.74) is 0. The highest BCUT2D eigenvalue weighted by atomic mass is 16.6. The second-order valence-corrected chi connectivity index (χ2v) is 20.4. The molecule has 0 bridgehead atoms. The molecule has 0 amide bonds. The SMILES string of the molecule is CCCCCCCC/C=C\CCCCCCCC(=O)CC1C(CO)OC(COC(=O)CCCCCCC/C=C\CCCCCCCC)C1OC(=O)CCCCCCC/C=C\CCCCCCCC. The lowest BCUT2D eigenvalue weighted by atomic mass is 9.89. The highest BCUT2D eigenvalue weighted by molar-refractivity contribution is 5.79. The van der Waals surface area contributed by atoms with Crippen LogP contribution in [0.5, 0.6) is 0 Å². The van der Waals surface area contributed by atoms with Crippen LogP contribution in [0.4, 0.5) is 0 Å². The topological polar surface area (TPSA) is 99.1 Å². The van der Waals surface area contributed by atoms with Crippen LogP contribution in [0.2, 0.25) is 0 Å². The minimum Gasteiger partial charge on any atom is -0.463 e. The van der Waals surface area contributed by atoms with Gasteiger partial charge >= 0.3 is 11.9 Å². The Kier molecular flexibility index (Phi) is 46.6. The molecule has 0 aromatic heterocycles. The quantitative estimate of drug-likeness (QED) is 0.0368. The smallest absolute Gasteiger partial charge is 0.306 e. The van der Waals surface area contributed by atoms with Crippen molar-refractivity contribution in [3.05, 3.63) is 36.5 Å². The summed E-state index contributed by atoms with van der Waals surface area (Å²) >= 11 is 0. The van der Waals surface area contributed by atoms with Gasteiger partial charge in [-0.15, -0.1) is 0 Å². The maximum absolute atomic E-state index is 13.4. The van der Waals surface area contributed by atoms with E-state index in [1.165, 1.54) is 161 Å². The van der Waals surface area contributed by atoms with E-state index in [0.29, 0.717) is 19.3 Å². The molecule has 7 nitrogen and oxygen atoms in total. The van der Waals surface area contributed by atoms with Crippen LogP contribution in [0, 0.1) is 5.92 Å². The van der Waals surface area contributed by atoms with Gasteiger partial charge in [0, 0.05) is 31.6 Å². The van der Waals surface area contributed by atoms with Gasteiger partial charge < -0.3 is 19.3 Å². The summed E-state index contributed by atoms with van der Waals surface area (Å²) in [7, 11) is 0. The molecular weight excluding hydrogens is 845 g/mol. The molecule has 7 heteroatoms. The molecule has 4 unspecified atom stereocenters. The summed E-state index contributed by atoms with van der Waals surface area (Å²) in [6.07, 6.45) is 59.9. The van der Waals surface area contributed by atoms with Crippen LogP contribution in [-0.4, -0.2) is 54.4 Å². The molecule has 1 aliphatic heterocycles. The minimum absolute atomic E-state index is 0.0509. The van der Waals surface area contributed by atoms with Gasteiger partial charge in [-0.1, -0.05) is 211 Å². The van der Waals surface area contributed by atoms with Crippen LogP contribution < -0.4 is 0 Å². The van der Waals surface area contributed by atoms with Crippen LogP contribution in [-0.2, 0) is 28.6 Å². The summed E-state index contributed by atoms with van der Waals surface area (Å²) in [5.74, 6) is -0.958. The molecule has 0 spiro atoms. The fourth-order valence-corrected chi connectivity index (χ4v) is 9.51. The summed E-state index contributed by atoms with van der Waals surface area (Å²) in [5, 5.41) is 10.4. The van der Waals surface area contributed by atoms with Gasteiger partial charge in [-0.25, -0.2) is 0 Å². The maximum atomic E-state index is 13.4. The predicted molar refractivity (Wildman–Crippen MR) is 288 cm³/mol. The molecule has 396 valence electrons. The number of rotatable bonds is 51. The average molecular weight is 956 g/mol. The molecule has 0 aliphatic carbocycles. The highest BCUT2D eigenvalue weighted by Crippen LogP contribution is 2.34. The fraction of sp³-hybridized carbons (Fsp3) is 0.852. The van der Waals surface area contributed by atoms with Gasteiger partial charge in [0.25, 0.3) is 0 Å². The zero-order valence-electron chi connectivity index (χ0n) is 45.0. The van der Waals surface area contributed by atoms with Crippen molar-refractivity contribution in [2.24, 2.45) is 5.92 Å². The second-order valence-electron chi connectivity index (χ2n) is 20.4. The Morgan fingerprint density at radius 3 is 1.10 bits per heavy atom. The van der Waals surface area contributed by atoms with Gasteiger partial charge in [0.05, 0.1) is 12.7 Å². The number of hydrogen-bond acceptors (Lipinski definition) is 7. The van der Waals surface area contributed by atoms with Crippen molar-refractivity contribution in [2.45, 2.75) is 315 Å². The Bertz CT molecular complexity index is 1220. The summed E-state index contributed by atoms with van der Waals surface area (Å²) in [6, 6.07) is 0. The van der Waals surface area contributed by atoms with Gasteiger partial charge in [-0.2, -0.15) is 0 Å². The zero-order chi connectivity index (χ0) is 49.2. The Balaban J connectivity index is 2.51. The molecule has 1 heterocycles. The lowest BCUT2D eigenvalue weighted by molar-refractivity contribution is -0.159. The Morgan fingerprint density at radius 1 is 0.412 bits per heavy atom. The third kappa shape index (κ3) is 39.5. The standard InChI is InChI=1S/C61H110O7/c1-4-7-10-13-16-19-22-25-28-31-34-37-40-43-46-49-55(63)52-56-57(53-62)67-58(54-66-59(64)50-47-44-41-38-35-32-29-26-23-20-17-14-11-8-5-2)61(56)68-60(65)51-48-45-42-39-36-33-30-27-24-21-18-15-12-9-6-3/h25-30,56-58,61-62H,4-24,31-54H2,1-3H3/b28-25-,29-26-,30-27-. The number of aliphatic hydroxyl groups is 1. The van der Waals surface area contributed by atoms with Gasteiger partial charge in [0.15, 0.2) is 0 Å². The molecule has 68 heavy (non-hydrogen) atoms. The van der Waals surface area contributed by atoms with E-state index < -0.39 is 24.2 Å². The van der Waals surface area contributed by atoms with E-state index in [4.69, 9.17) is 14.2 Å². The van der Waals surface area contributed by atoms with Crippen molar-refractivity contribution in [1.29, 1.82) is 0 Å². The lowest BCUT2D eigenvalue weighted by Crippen LogP contribution is -2.37. The van der Waals surface area contributed by atoms with E-state index in [1.807, 2.05) is 0 Å². The first-order chi connectivity index (χ1) is 33.5. The van der Waals surface area contributed by atoms with Crippen LogP contribution in [0.1, 0.15) is 297 Å². The fourth-order valence-electron chi connectivity index (χ4n) is 9.51. The molecule has 0 saturated carbocycles. The number of unbranched alkanes of at least 4 members (excludes halogenated alkanes) is 33. The molecule has 1 fully saturated rings. The minimum atomic E-state index is -0.742. The number of allylic oxidation sites excluding steroid dienone is 6. The number of aliphatic hydroxyl groups excluding tert-OH is 1. The maximum Gasteiger partial charge on any atom is 0.306 e. The second kappa shape index (κ2) is 49.7. The van der Waals surface area contributed by atoms with Crippen LogP contribution >= 0.6 is 0 Å². The van der Waals surface area contributed by atoms with E-state index in [1.54, 1.807) is 0 Å². The van der Waals surface area contributed by atoms with E-state index in [0.717, 1.165) is 89.9 Å². The van der Waals surface area contributed by atoms with Crippen LogP contribution in [0.3, 0.4) is 0 Å². The van der Waals surface area contributed by atoms with Crippen molar-refractivity contribution < 1.29 is 33.7 Å². The Morgan fingerprint density at radius 2 is 0.735 bits per heavy atom. The molecule has 1 aliphatic rings. The predicted octanol–water partition coefficient (Wildman–Crippen LogP) is 17.9. The summed E-state index contributed by atoms with van der Waals surface area (Å²) < 4.78 is 18.0. The van der Waals surface area contributed by atoms with Crippen LogP contribution in [0.25, 0.3) is 0 Å². The molecule has 1 saturated heterocycles. The van der Waals surface area contributed by atoms with E-state index in [-0.39, 0.29) is 37.4 Å². The summed E-state index contributed by atoms with van der Waals surface area (Å²) in [6.45, 7) is 6.45. The Labute approximate surface area is 420 Å². The Hall–Kier alpha value is -2.25. The summed E-state index contributed by atoms with van der Waals surface area (Å²) in [4.78, 5) is 39.5. The molecular formula is C61H110O7. The number of Topliss-reactive ketones (excluding diaryl/α,β-unsaturated/α-hetero) is 1. The van der Waals surface area contributed by atoms with Crippen LogP contribution in [0.15, 0.2) is 36.5 Å². The first-order valence-corrected chi connectivity index (χ1v) is 29.5. The number of ketones is 1. The lowest BCUT2D eigenvalue weighted by Gasteiger charge is -2.24. The van der Waals surface area contributed by atoms with Gasteiger partial charge in [-0.3, -0.25) is 14.4 Å².